The minimum absolute atomic E-state index is 0.00715. The summed E-state index contributed by atoms with van der Waals surface area (Å²) in [5, 5.41) is 6.12. The van der Waals surface area contributed by atoms with Crippen LogP contribution in [0.2, 0.25) is 5.02 Å². The molecule has 3 fully saturated rings. The molecule has 0 amide bonds. The minimum atomic E-state index is -0.869. The predicted molar refractivity (Wildman–Crippen MR) is 163 cm³/mol. The fraction of sp³-hybridized carbons (Fsp3) is 0.469. The van der Waals surface area contributed by atoms with Crippen molar-refractivity contribution in [2.24, 2.45) is 0 Å². The van der Waals surface area contributed by atoms with E-state index in [2.05, 4.69) is 39.2 Å². The molecule has 0 spiro atoms. The SMILES string of the molecule is CN(C)C1(CNc2nc(OCC34CCCN3C[C@H](F)C4)nc3c(F)c(-c4cccc5cccc(Cl)c45)ncc23)CCC1. The van der Waals surface area contributed by atoms with Crippen LogP contribution in [0.1, 0.15) is 38.5 Å². The fourth-order valence-corrected chi connectivity index (χ4v) is 7.46. The van der Waals surface area contributed by atoms with E-state index in [0.29, 0.717) is 41.3 Å². The van der Waals surface area contributed by atoms with Crippen LogP contribution in [0, 0.1) is 5.82 Å². The highest BCUT2D eigenvalue weighted by molar-refractivity contribution is 6.36. The van der Waals surface area contributed by atoms with Crippen molar-refractivity contribution in [3.63, 3.8) is 0 Å². The van der Waals surface area contributed by atoms with Crippen molar-refractivity contribution >= 4 is 39.1 Å². The average molecular weight is 593 g/mol. The Hall–Kier alpha value is -3.14. The van der Waals surface area contributed by atoms with Crippen LogP contribution < -0.4 is 10.1 Å². The zero-order valence-corrected chi connectivity index (χ0v) is 24.7. The van der Waals surface area contributed by atoms with Gasteiger partial charge in [-0.05, 0) is 64.2 Å². The van der Waals surface area contributed by atoms with Crippen molar-refractivity contribution in [2.75, 3.05) is 45.7 Å². The van der Waals surface area contributed by atoms with Gasteiger partial charge in [0.2, 0.25) is 0 Å². The molecule has 1 aliphatic carbocycles. The first-order valence-corrected chi connectivity index (χ1v) is 15.1. The molecule has 2 aromatic carbocycles. The van der Waals surface area contributed by atoms with Gasteiger partial charge in [-0.15, -0.1) is 0 Å². The van der Waals surface area contributed by atoms with Gasteiger partial charge in [0.25, 0.3) is 0 Å². The molecule has 4 aromatic rings. The smallest absolute Gasteiger partial charge is 0.319 e. The summed E-state index contributed by atoms with van der Waals surface area (Å²) in [6.07, 6.45) is 6.36. The lowest BCUT2D eigenvalue weighted by Crippen LogP contribution is -2.54. The third kappa shape index (κ3) is 4.57. The number of ether oxygens (including phenoxy) is 1. The van der Waals surface area contributed by atoms with Gasteiger partial charge in [-0.2, -0.15) is 9.97 Å². The largest absolute Gasteiger partial charge is 0.461 e. The third-order valence-corrected chi connectivity index (χ3v) is 10.1. The molecule has 1 unspecified atom stereocenters. The maximum absolute atomic E-state index is 16.5. The number of pyridine rings is 1. The number of nitrogens with zero attached hydrogens (tertiary/aromatic N) is 5. The Balaban J connectivity index is 1.30. The van der Waals surface area contributed by atoms with E-state index < -0.39 is 12.0 Å². The van der Waals surface area contributed by atoms with E-state index in [-0.39, 0.29) is 34.9 Å². The van der Waals surface area contributed by atoms with E-state index in [0.717, 1.165) is 43.0 Å². The molecule has 2 aromatic heterocycles. The summed E-state index contributed by atoms with van der Waals surface area (Å²) in [6, 6.07) is 11.3. The second-order valence-electron chi connectivity index (χ2n) is 12.4. The standard InChI is InChI=1S/C32H35ClF2N6O/c1-40(2)31(11-5-12-31)18-37-29-23-16-36-27(22-9-3-7-20-8-4-10-24(33)25(20)22)26(35)28(23)38-30(39-29)42-19-32-13-6-14-41(32)17-21(34)15-32/h3-4,7-10,16,21H,5-6,11-15,17-19H2,1-2H3,(H,37,38,39)/t21-,32?/m1/s1. The molecule has 2 saturated heterocycles. The van der Waals surface area contributed by atoms with Gasteiger partial charge in [0.1, 0.15) is 29.8 Å². The van der Waals surface area contributed by atoms with Crippen LogP contribution in [0.25, 0.3) is 32.9 Å². The number of alkyl halides is 1. The minimum Gasteiger partial charge on any atom is -0.461 e. The highest BCUT2D eigenvalue weighted by Gasteiger charge is 2.49. The third-order valence-electron chi connectivity index (χ3n) is 9.82. The molecular formula is C32H35ClF2N6O. The molecule has 7 rings (SSSR count). The molecule has 2 atom stereocenters. The second-order valence-corrected chi connectivity index (χ2v) is 12.8. The molecule has 3 aliphatic rings. The van der Waals surface area contributed by atoms with Crippen LogP contribution in [0.3, 0.4) is 0 Å². The Kier molecular flexibility index (Phi) is 6.95. The van der Waals surface area contributed by atoms with Crippen LogP contribution in [0.4, 0.5) is 14.6 Å². The molecule has 0 bridgehead atoms. The number of benzene rings is 2. The zero-order valence-electron chi connectivity index (χ0n) is 24.0. The predicted octanol–water partition coefficient (Wildman–Crippen LogP) is 6.49. The summed E-state index contributed by atoms with van der Waals surface area (Å²) >= 11 is 6.58. The maximum atomic E-state index is 16.5. The quantitative estimate of drug-likeness (QED) is 0.251. The van der Waals surface area contributed by atoms with Crippen LogP contribution >= 0.6 is 11.6 Å². The summed E-state index contributed by atoms with van der Waals surface area (Å²) < 4.78 is 37.1. The molecule has 220 valence electrons. The van der Waals surface area contributed by atoms with Gasteiger partial charge in [0.15, 0.2) is 5.82 Å². The van der Waals surface area contributed by atoms with Crippen LogP contribution in [-0.4, -0.2) is 82.3 Å². The van der Waals surface area contributed by atoms with E-state index in [1.807, 2.05) is 30.3 Å². The Morgan fingerprint density at radius 2 is 1.93 bits per heavy atom. The number of nitrogens with one attached hydrogen (secondary N) is 1. The van der Waals surface area contributed by atoms with E-state index in [1.165, 1.54) is 6.42 Å². The number of fused-ring (bicyclic) bond motifs is 3. The van der Waals surface area contributed by atoms with Gasteiger partial charge in [-0.3, -0.25) is 9.88 Å². The molecule has 0 radical (unpaired) electrons. The number of hydrogen-bond acceptors (Lipinski definition) is 7. The Morgan fingerprint density at radius 3 is 2.69 bits per heavy atom. The monoisotopic (exact) mass is 592 g/mol. The van der Waals surface area contributed by atoms with E-state index in [9.17, 15) is 4.39 Å². The molecule has 2 aliphatic heterocycles. The topological polar surface area (TPSA) is 66.4 Å². The van der Waals surface area contributed by atoms with Gasteiger partial charge in [0.05, 0.1) is 10.9 Å². The first-order chi connectivity index (χ1) is 20.3. The molecular weight excluding hydrogens is 558 g/mol. The molecule has 10 heteroatoms. The highest BCUT2D eigenvalue weighted by atomic mass is 35.5. The van der Waals surface area contributed by atoms with E-state index in [1.54, 1.807) is 12.3 Å². The average Bonchev–Trinajstić information content (AvgIpc) is 3.47. The summed E-state index contributed by atoms with van der Waals surface area (Å²) in [5.41, 5.74) is 0.521. The van der Waals surface area contributed by atoms with Crippen molar-refractivity contribution in [1.29, 1.82) is 0 Å². The molecule has 1 N–H and O–H groups in total. The van der Waals surface area contributed by atoms with Crippen molar-refractivity contribution in [3.8, 4) is 17.3 Å². The number of likely N-dealkylation sites (N-methyl/N-ethyl adjacent to an activating group) is 1. The number of aromatic nitrogens is 3. The fourth-order valence-electron chi connectivity index (χ4n) is 7.18. The van der Waals surface area contributed by atoms with Crippen molar-refractivity contribution in [1.82, 2.24) is 24.8 Å². The molecule has 42 heavy (non-hydrogen) atoms. The number of hydrogen-bond donors (Lipinski definition) is 1. The first kappa shape index (κ1) is 27.7. The van der Waals surface area contributed by atoms with Crippen LogP contribution in [0.15, 0.2) is 42.6 Å². The Morgan fingerprint density at radius 1 is 1.12 bits per heavy atom. The van der Waals surface area contributed by atoms with Gasteiger partial charge in [0, 0.05) is 47.2 Å². The van der Waals surface area contributed by atoms with E-state index >= 15 is 4.39 Å². The van der Waals surface area contributed by atoms with Crippen molar-refractivity contribution < 1.29 is 13.5 Å². The highest BCUT2D eigenvalue weighted by Crippen LogP contribution is 2.41. The van der Waals surface area contributed by atoms with Crippen LogP contribution in [0.5, 0.6) is 6.01 Å². The normalized spacial score (nSPS) is 23.4. The number of halogens is 3. The van der Waals surface area contributed by atoms with Crippen molar-refractivity contribution in [3.05, 3.63) is 53.4 Å². The van der Waals surface area contributed by atoms with Gasteiger partial charge < -0.3 is 15.0 Å². The Bertz CT molecular complexity index is 1660. The van der Waals surface area contributed by atoms with Crippen molar-refractivity contribution in [2.45, 2.75) is 55.8 Å². The molecule has 7 nitrogen and oxygen atoms in total. The molecule has 4 heterocycles. The van der Waals surface area contributed by atoms with E-state index in [4.69, 9.17) is 21.3 Å². The Labute approximate surface area is 249 Å². The summed E-state index contributed by atoms with van der Waals surface area (Å²) in [6.45, 7) is 2.20. The lowest BCUT2D eigenvalue weighted by molar-refractivity contribution is 0.0738. The first-order valence-electron chi connectivity index (χ1n) is 14.8. The van der Waals surface area contributed by atoms with Gasteiger partial charge >= 0.3 is 6.01 Å². The number of rotatable bonds is 8. The van der Waals surface area contributed by atoms with Gasteiger partial charge in [-0.25, -0.2) is 8.78 Å². The summed E-state index contributed by atoms with van der Waals surface area (Å²) in [5.74, 6) is -0.0841. The summed E-state index contributed by atoms with van der Waals surface area (Å²) in [4.78, 5) is 18.3. The number of anilines is 1. The van der Waals surface area contributed by atoms with Gasteiger partial charge in [-0.1, -0.05) is 41.9 Å². The lowest BCUT2D eigenvalue weighted by atomic mass is 9.75. The van der Waals surface area contributed by atoms with Crippen LogP contribution in [-0.2, 0) is 0 Å². The maximum Gasteiger partial charge on any atom is 0.319 e. The lowest BCUT2D eigenvalue weighted by Gasteiger charge is -2.47. The second kappa shape index (κ2) is 10.5. The zero-order chi connectivity index (χ0) is 29.1. The molecule has 1 saturated carbocycles. The summed E-state index contributed by atoms with van der Waals surface area (Å²) in [7, 11) is 4.17.